The highest BCUT2D eigenvalue weighted by molar-refractivity contribution is 6.33. The van der Waals surface area contributed by atoms with E-state index in [0.717, 1.165) is 27.8 Å². The molecule has 1 saturated heterocycles. The van der Waals surface area contributed by atoms with Gasteiger partial charge in [-0.15, -0.1) is 0 Å². The Kier molecular flexibility index (Phi) is 10.0. The number of likely N-dealkylation sites (tertiary alicyclic amines) is 1. The molecule has 5 aromatic carbocycles. The van der Waals surface area contributed by atoms with Crippen molar-refractivity contribution < 1.29 is 19.1 Å². The van der Waals surface area contributed by atoms with Crippen molar-refractivity contribution >= 4 is 46.2 Å². The molecule has 7 rings (SSSR count). The number of hydrogen-bond acceptors (Lipinski definition) is 5. The van der Waals surface area contributed by atoms with Crippen LogP contribution in [0.3, 0.4) is 0 Å². The molecule has 54 heavy (non-hydrogen) atoms. The largest absolute Gasteiger partial charge is 0.444 e. The molecule has 1 fully saturated rings. The minimum Gasteiger partial charge on any atom is -0.444 e. The fourth-order valence-electron chi connectivity index (χ4n) is 7.26. The standard InChI is InChI=1S/C44H42ClN5O4/c1-43(2,3)54-42(53)49-25-24-31(28-49)41(52)47-39-36-26-29(35-27-30(40(51)46-4)20-22-37(35)45)21-23-38(36)50(48-39)44(32-14-8-5-9-15-32,33-16-10-6-11-17-33)34-18-12-7-13-19-34/h5-23,26-27,31H,24-25,28H2,1-4H3,(H,46,51)(H,47,48,52)/t31-/m1/s1. The van der Waals surface area contributed by atoms with Gasteiger partial charge in [0.1, 0.15) is 11.1 Å². The average Bonchev–Trinajstić information content (AvgIpc) is 3.82. The molecular weight excluding hydrogens is 698 g/mol. The van der Waals surface area contributed by atoms with E-state index in [4.69, 9.17) is 21.4 Å². The van der Waals surface area contributed by atoms with E-state index < -0.39 is 23.2 Å². The molecular formula is C44H42ClN5O4. The zero-order valence-electron chi connectivity index (χ0n) is 30.7. The van der Waals surface area contributed by atoms with Gasteiger partial charge in [-0.3, -0.25) is 9.59 Å². The van der Waals surface area contributed by atoms with E-state index in [1.807, 2.05) is 98.2 Å². The fourth-order valence-corrected chi connectivity index (χ4v) is 7.48. The van der Waals surface area contributed by atoms with Crippen LogP contribution in [0.4, 0.5) is 10.6 Å². The first-order chi connectivity index (χ1) is 26.0. The summed E-state index contributed by atoms with van der Waals surface area (Å²) in [4.78, 5) is 41.2. The van der Waals surface area contributed by atoms with Crippen LogP contribution in [-0.4, -0.2) is 58.3 Å². The predicted molar refractivity (Wildman–Crippen MR) is 213 cm³/mol. The number of nitrogens with zero attached hydrogens (tertiary/aromatic N) is 3. The van der Waals surface area contributed by atoms with Crippen LogP contribution in [-0.2, 0) is 15.1 Å². The number of aromatic nitrogens is 2. The molecule has 274 valence electrons. The van der Waals surface area contributed by atoms with E-state index in [9.17, 15) is 14.4 Å². The number of fused-ring (bicyclic) bond motifs is 1. The second-order valence-corrected chi connectivity index (χ2v) is 14.9. The van der Waals surface area contributed by atoms with Gasteiger partial charge in [0.05, 0.1) is 11.4 Å². The smallest absolute Gasteiger partial charge is 0.410 e. The molecule has 1 atom stereocenters. The number of carbonyl (C=O) groups is 3. The third-order valence-corrected chi connectivity index (χ3v) is 10.1. The lowest BCUT2D eigenvalue weighted by atomic mass is 9.77. The molecule has 9 nitrogen and oxygen atoms in total. The van der Waals surface area contributed by atoms with Crippen LogP contribution in [0.1, 0.15) is 54.2 Å². The topological polar surface area (TPSA) is 106 Å². The normalized spacial score (nSPS) is 14.5. The van der Waals surface area contributed by atoms with E-state index in [-0.39, 0.29) is 18.4 Å². The van der Waals surface area contributed by atoms with Gasteiger partial charge in [-0.25, -0.2) is 9.48 Å². The number of carbonyl (C=O) groups excluding carboxylic acids is 3. The molecule has 0 unspecified atom stereocenters. The summed E-state index contributed by atoms with van der Waals surface area (Å²) in [5.41, 5.74) is 3.93. The Morgan fingerprint density at radius 1 is 0.796 bits per heavy atom. The van der Waals surface area contributed by atoms with Crippen LogP contribution < -0.4 is 10.6 Å². The van der Waals surface area contributed by atoms with Crippen molar-refractivity contribution in [2.75, 3.05) is 25.5 Å². The van der Waals surface area contributed by atoms with Crippen molar-refractivity contribution in [1.82, 2.24) is 20.0 Å². The van der Waals surface area contributed by atoms with Crippen molar-refractivity contribution in [3.05, 3.63) is 155 Å². The number of halogens is 1. The van der Waals surface area contributed by atoms with Crippen LogP contribution in [0.2, 0.25) is 5.02 Å². The Hall–Kier alpha value is -5.93. The Morgan fingerprint density at radius 2 is 1.39 bits per heavy atom. The quantitative estimate of drug-likeness (QED) is 0.152. The maximum absolute atomic E-state index is 14.1. The van der Waals surface area contributed by atoms with Crippen molar-refractivity contribution in [3.63, 3.8) is 0 Å². The minimum atomic E-state index is -0.968. The van der Waals surface area contributed by atoms with E-state index in [1.165, 1.54) is 0 Å². The van der Waals surface area contributed by atoms with Gasteiger partial charge in [-0.2, -0.15) is 5.10 Å². The number of amides is 3. The maximum atomic E-state index is 14.1. The molecule has 1 aliphatic heterocycles. The first kappa shape index (κ1) is 36.4. The second kappa shape index (κ2) is 14.8. The van der Waals surface area contributed by atoms with Gasteiger partial charge in [0.2, 0.25) is 5.91 Å². The van der Waals surface area contributed by atoms with Gasteiger partial charge in [0.15, 0.2) is 5.82 Å². The Morgan fingerprint density at radius 3 is 1.94 bits per heavy atom. The lowest BCUT2D eigenvalue weighted by Gasteiger charge is -2.37. The van der Waals surface area contributed by atoms with Crippen molar-refractivity contribution in [3.8, 4) is 11.1 Å². The third-order valence-electron chi connectivity index (χ3n) is 9.79. The minimum absolute atomic E-state index is 0.231. The number of rotatable bonds is 8. The van der Waals surface area contributed by atoms with E-state index >= 15 is 0 Å². The molecule has 0 saturated carbocycles. The number of anilines is 1. The number of hydrogen-bond donors (Lipinski definition) is 2. The van der Waals surface area contributed by atoms with Crippen LogP contribution >= 0.6 is 11.6 Å². The third kappa shape index (κ3) is 6.95. The first-order valence-corrected chi connectivity index (χ1v) is 18.4. The summed E-state index contributed by atoms with van der Waals surface area (Å²) in [5.74, 6) is -0.590. The molecule has 0 aliphatic carbocycles. The maximum Gasteiger partial charge on any atom is 0.410 e. The summed E-state index contributed by atoms with van der Waals surface area (Å²) in [6.45, 7) is 6.11. The van der Waals surface area contributed by atoms with Crippen molar-refractivity contribution in [2.24, 2.45) is 5.92 Å². The van der Waals surface area contributed by atoms with E-state index in [0.29, 0.717) is 40.3 Å². The fraction of sp³-hybridized carbons (Fsp3) is 0.227. The van der Waals surface area contributed by atoms with Gasteiger partial charge < -0.3 is 20.3 Å². The molecule has 1 aromatic heterocycles. The Bertz CT molecular complexity index is 2220. The number of benzene rings is 5. The molecule has 10 heteroatoms. The predicted octanol–water partition coefficient (Wildman–Crippen LogP) is 8.75. The van der Waals surface area contributed by atoms with Gasteiger partial charge in [-0.05, 0) is 79.8 Å². The highest BCUT2D eigenvalue weighted by Gasteiger charge is 2.41. The summed E-state index contributed by atoms with van der Waals surface area (Å²) in [7, 11) is 1.58. The highest BCUT2D eigenvalue weighted by Crippen LogP contribution is 2.44. The highest BCUT2D eigenvalue weighted by atomic mass is 35.5. The van der Waals surface area contributed by atoms with Crippen LogP contribution in [0.5, 0.6) is 0 Å². The van der Waals surface area contributed by atoms with Crippen LogP contribution in [0, 0.1) is 5.92 Å². The summed E-state index contributed by atoms with van der Waals surface area (Å²) in [6.07, 6.45) is 0.0464. The molecule has 1 aliphatic rings. The molecule has 0 bridgehead atoms. The van der Waals surface area contributed by atoms with E-state index in [2.05, 4.69) is 47.0 Å². The summed E-state index contributed by atoms with van der Waals surface area (Å²) in [6, 6.07) is 41.7. The molecule has 3 amide bonds. The van der Waals surface area contributed by atoms with Crippen molar-refractivity contribution in [1.29, 1.82) is 0 Å². The van der Waals surface area contributed by atoms with Gasteiger partial charge in [-0.1, -0.05) is 109 Å². The lowest BCUT2D eigenvalue weighted by Crippen LogP contribution is -2.38. The van der Waals surface area contributed by atoms with E-state index in [1.54, 1.807) is 30.1 Å². The zero-order valence-corrected chi connectivity index (χ0v) is 31.4. The average molecular weight is 740 g/mol. The van der Waals surface area contributed by atoms with Crippen LogP contribution in [0.15, 0.2) is 127 Å². The first-order valence-electron chi connectivity index (χ1n) is 18.0. The summed E-state index contributed by atoms with van der Waals surface area (Å²) < 4.78 is 7.58. The number of ether oxygens (including phenoxy) is 1. The summed E-state index contributed by atoms with van der Waals surface area (Å²) in [5, 5.41) is 12.3. The Labute approximate surface area is 319 Å². The molecule has 6 aromatic rings. The van der Waals surface area contributed by atoms with Crippen LogP contribution in [0.25, 0.3) is 22.0 Å². The number of nitrogens with one attached hydrogen (secondary N) is 2. The monoisotopic (exact) mass is 739 g/mol. The van der Waals surface area contributed by atoms with Gasteiger partial charge in [0.25, 0.3) is 5.91 Å². The molecule has 0 radical (unpaired) electrons. The summed E-state index contributed by atoms with van der Waals surface area (Å²) >= 11 is 6.77. The van der Waals surface area contributed by atoms with Gasteiger partial charge >= 0.3 is 6.09 Å². The second-order valence-electron chi connectivity index (χ2n) is 14.5. The molecule has 2 heterocycles. The van der Waals surface area contributed by atoms with Crippen molar-refractivity contribution in [2.45, 2.75) is 38.3 Å². The Balaban J connectivity index is 1.42. The molecule has 2 N–H and O–H groups in total. The molecule has 0 spiro atoms. The SMILES string of the molecule is CNC(=O)c1ccc(Cl)c(-c2ccc3c(c2)c(NC(=O)[C@@H]2CCN(C(=O)OC(C)(C)C)C2)nn3C(c2ccccc2)(c2ccccc2)c2ccccc2)c1. The lowest BCUT2D eigenvalue weighted by molar-refractivity contribution is -0.119. The van der Waals surface area contributed by atoms with Gasteiger partial charge in [0, 0.05) is 41.7 Å². The zero-order chi connectivity index (χ0) is 38.0.